The number of carbonyl (C=O) groups is 2. The first-order chi connectivity index (χ1) is 9.13. The Kier molecular flexibility index (Phi) is 2.47. The van der Waals surface area contributed by atoms with E-state index in [-0.39, 0.29) is 11.1 Å². The van der Waals surface area contributed by atoms with E-state index in [1.165, 1.54) is 0 Å². The van der Waals surface area contributed by atoms with Gasteiger partial charge in [0.15, 0.2) is 0 Å². The Hall–Kier alpha value is -2.46. The molecule has 0 fully saturated rings. The van der Waals surface area contributed by atoms with Crippen LogP contribution in [0.1, 0.15) is 20.7 Å². The van der Waals surface area contributed by atoms with Crippen molar-refractivity contribution in [1.82, 2.24) is 0 Å². The highest BCUT2D eigenvalue weighted by atomic mass is 16.3. The minimum Gasteiger partial charge on any atom is -0.358 e. The van der Waals surface area contributed by atoms with E-state index in [9.17, 15) is 14.7 Å². The third-order valence-corrected chi connectivity index (χ3v) is 3.17. The van der Waals surface area contributed by atoms with E-state index < -0.39 is 17.3 Å². The van der Waals surface area contributed by atoms with E-state index in [2.05, 4.69) is 5.32 Å². The number of anilines is 1. The molecule has 4 heteroatoms. The van der Waals surface area contributed by atoms with E-state index in [0.29, 0.717) is 5.69 Å². The average molecular weight is 253 g/mol. The van der Waals surface area contributed by atoms with Gasteiger partial charge in [0.2, 0.25) is 11.6 Å². The minimum atomic E-state index is -2.20. The molecule has 1 aliphatic rings. The van der Waals surface area contributed by atoms with Crippen molar-refractivity contribution >= 4 is 17.3 Å². The van der Waals surface area contributed by atoms with E-state index in [1.807, 2.05) is 6.07 Å². The monoisotopic (exact) mass is 253 g/mol. The summed E-state index contributed by atoms with van der Waals surface area (Å²) in [5.74, 6) is -1.23. The first kappa shape index (κ1) is 11.6. The standard InChI is InChI=1S/C15H11NO3/c17-13-11-8-4-5-9-12(11)14(18)15(13,19)16-10-6-2-1-3-7-10/h1-9,16,19H. The van der Waals surface area contributed by atoms with Crippen LogP contribution in [-0.2, 0) is 0 Å². The molecule has 2 aromatic rings. The Morgan fingerprint density at radius 2 is 1.26 bits per heavy atom. The van der Waals surface area contributed by atoms with Crippen molar-refractivity contribution in [2.45, 2.75) is 5.72 Å². The molecule has 0 bridgehead atoms. The van der Waals surface area contributed by atoms with Crippen LogP contribution in [0.15, 0.2) is 54.6 Å². The molecule has 0 aliphatic heterocycles. The van der Waals surface area contributed by atoms with Crippen molar-refractivity contribution in [3.05, 3.63) is 65.7 Å². The smallest absolute Gasteiger partial charge is 0.266 e. The summed E-state index contributed by atoms with van der Waals surface area (Å²) >= 11 is 0. The summed E-state index contributed by atoms with van der Waals surface area (Å²) in [6.45, 7) is 0. The van der Waals surface area contributed by atoms with Crippen LogP contribution in [0.2, 0.25) is 0 Å². The lowest BCUT2D eigenvalue weighted by Crippen LogP contribution is -2.48. The van der Waals surface area contributed by atoms with Gasteiger partial charge in [-0.3, -0.25) is 9.59 Å². The summed E-state index contributed by atoms with van der Waals surface area (Å²) in [6, 6.07) is 15.1. The molecule has 0 spiro atoms. The fourth-order valence-corrected chi connectivity index (χ4v) is 2.22. The molecule has 0 saturated heterocycles. The molecule has 4 nitrogen and oxygen atoms in total. The first-order valence-electron chi connectivity index (χ1n) is 5.87. The van der Waals surface area contributed by atoms with Crippen molar-refractivity contribution in [3.8, 4) is 0 Å². The zero-order chi connectivity index (χ0) is 13.5. The number of Topliss-reactive ketones (excluding diaryl/α,β-unsaturated/α-hetero) is 2. The summed E-state index contributed by atoms with van der Waals surface area (Å²) in [5.41, 5.74) is -1.19. The number of hydrogen-bond donors (Lipinski definition) is 2. The van der Waals surface area contributed by atoms with E-state index in [0.717, 1.165) is 0 Å². The van der Waals surface area contributed by atoms with E-state index in [1.54, 1.807) is 48.5 Å². The third-order valence-electron chi connectivity index (χ3n) is 3.17. The average Bonchev–Trinajstić information content (AvgIpc) is 2.63. The molecule has 0 aromatic heterocycles. The quantitative estimate of drug-likeness (QED) is 0.633. The van der Waals surface area contributed by atoms with Crippen molar-refractivity contribution in [3.63, 3.8) is 0 Å². The number of fused-ring (bicyclic) bond motifs is 1. The number of carbonyl (C=O) groups excluding carboxylic acids is 2. The van der Waals surface area contributed by atoms with Gasteiger partial charge in [0.25, 0.3) is 5.72 Å². The zero-order valence-corrected chi connectivity index (χ0v) is 9.96. The Morgan fingerprint density at radius 1 is 0.789 bits per heavy atom. The van der Waals surface area contributed by atoms with Crippen LogP contribution in [0.25, 0.3) is 0 Å². The van der Waals surface area contributed by atoms with Gasteiger partial charge in [-0.1, -0.05) is 42.5 Å². The third kappa shape index (κ3) is 1.65. The van der Waals surface area contributed by atoms with E-state index >= 15 is 0 Å². The van der Waals surface area contributed by atoms with Gasteiger partial charge in [0, 0.05) is 16.8 Å². The van der Waals surface area contributed by atoms with Gasteiger partial charge in [-0.15, -0.1) is 0 Å². The Labute approximate surface area is 109 Å². The van der Waals surface area contributed by atoms with Crippen molar-refractivity contribution in [2.75, 3.05) is 5.32 Å². The molecule has 3 rings (SSSR count). The fourth-order valence-electron chi connectivity index (χ4n) is 2.22. The predicted octanol–water partition coefficient (Wildman–Crippen LogP) is 1.87. The van der Waals surface area contributed by atoms with Gasteiger partial charge in [0.1, 0.15) is 0 Å². The molecule has 2 aromatic carbocycles. The molecule has 1 aliphatic carbocycles. The number of rotatable bonds is 2. The molecule has 0 heterocycles. The lowest BCUT2D eigenvalue weighted by atomic mass is 10.1. The van der Waals surface area contributed by atoms with Gasteiger partial charge < -0.3 is 10.4 Å². The fraction of sp³-hybridized carbons (Fsp3) is 0.0667. The molecule has 0 radical (unpaired) electrons. The van der Waals surface area contributed by atoms with Crippen molar-refractivity contribution in [1.29, 1.82) is 0 Å². The van der Waals surface area contributed by atoms with E-state index in [4.69, 9.17) is 0 Å². The maximum Gasteiger partial charge on any atom is 0.266 e. The highest BCUT2D eigenvalue weighted by Crippen LogP contribution is 2.30. The first-order valence-corrected chi connectivity index (χ1v) is 5.87. The Balaban J connectivity index is 2.03. The lowest BCUT2D eigenvalue weighted by Gasteiger charge is -2.21. The normalized spacial score (nSPS) is 16.3. The number of nitrogens with one attached hydrogen (secondary N) is 1. The molecule has 0 atom stereocenters. The van der Waals surface area contributed by atoms with Crippen LogP contribution in [0.4, 0.5) is 5.69 Å². The minimum absolute atomic E-state index is 0.249. The summed E-state index contributed by atoms with van der Waals surface area (Å²) in [4.78, 5) is 24.4. The molecule has 19 heavy (non-hydrogen) atoms. The van der Waals surface area contributed by atoms with Crippen LogP contribution in [0, 0.1) is 0 Å². The maximum absolute atomic E-state index is 12.2. The zero-order valence-electron chi connectivity index (χ0n) is 9.96. The van der Waals surface area contributed by atoms with Gasteiger partial charge in [0.05, 0.1) is 0 Å². The maximum atomic E-state index is 12.2. The van der Waals surface area contributed by atoms with Gasteiger partial charge in [-0.25, -0.2) is 0 Å². The Bertz CT molecular complexity index is 629. The molecular weight excluding hydrogens is 242 g/mol. The molecule has 0 saturated carbocycles. The largest absolute Gasteiger partial charge is 0.358 e. The highest BCUT2D eigenvalue weighted by Gasteiger charge is 2.52. The summed E-state index contributed by atoms with van der Waals surface area (Å²) in [7, 11) is 0. The van der Waals surface area contributed by atoms with Crippen LogP contribution in [0.5, 0.6) is 0 Å². The second-order valence-corrected chi connectivity index (χ2v) is 4.41. The summed E-state index contributed by atoms with van der Waals surface area (Å²) < 4.78 is 0. The van der Waals surface area contributed by atoms with Crippen molar-refractivity contribution < 1.29 is 14.7 Å². The number of benzene rings is 2. The number of para-hydroxylation sites is 1. The summed E-state index contributed by atoms with van der Waals surface area (Å²) in [6.07, 6.45) is 0. The van der Waals surface area contributed by atoms with Gasteiger partial charge >= 0.3 is 0 Å². The Morgan fingerprint density at radius 3 is 1.79 bits per heavy atom. The lowest BCUT2D eigenvalue weighted by molar-refractivity contribution is 0.0427. The SMILES string of the molecule is O=C1c2ccccc2C(=O)C1(O)Nc1ccccc1. The van der Waals surface area contributed by atoms with Crippen LogP contribution in [-0.4, -0.2) is 22.4 Å². The van der Waals surface area contributed by atoms with Crippen LogP contribution >= 0.6 is 0 Å². The number of aliphatic hydroxyl groups is 1. The summed E-state index contributed by atoms with van der Waals surface area (Å²) in [5, 5.41) is 13.0. The molecule has 94 valence electrons. The molecular formula is C15H11NO3. The second kappa shape index (κ2) is 4.03. The van der Waals surface area contributed by atoms with Crippen LogP contribution in [0.3, 0.4) is 0 Å². The highest BCUT2D eigenvalue weighted by molar-refractivity contribution is 6.32. The second-order valence-electron chi connectivity index (χ2n) is 4.41. The molecule has 2 N–H and O–H groups in total. The predicted molar refractivity (Wildman–Crippen MR) is 70.1 cm³/mol. The van der Waals surface area contributed by atoms with Gasteiger partial charge in [-0.2, -0.15) is 0 Å². The number of hydrogen-bond acceptors (Lipinski definition) is 4. The van der Waals surface area contributed by atoms with Crippen molar-refractivity contribution in [2.24, 2.45) is 0 Å². The van der Waals surface area contributed by atoms with Crippen LogP contribution < -0.4 is 5.32 Å². The van der Waals surface area contributed by atoms with Gasteiger partial charge in [-0.05, 0) is 12.1 Å². The topological polar surface area (TPSA) is 66.4 Å². The number of ketones is 2. The molecule has 0 unspecified atom stereocenters. The molecule has 0 amide bonds.